The normalized spacial score (nSPS) is 13.2. The van der Waals surface area contributed by atoms with Crippen molar-refractivity contribution in [2.24, 2.45) is 0 Å². The van der Waals surface area contributed by atoms with Crippen LogP contribution in [0.4, 0.5) is 0 Å². The topological polar surface area (TPSA) is 51.6 Å². The van der Waals surface area contributed by atoms with Gasteiger partial charge >= 0.3 is 0 Å². The second-order valence-corrected chi connectivity index (χ2v) is 15.2. The molecule has 1 aliphatic carbocycles. The molecule has 0 amide bonds. The smallest absolute Gasteiger partial charge is 0.166 e. The molecule has 3 aromatic heterocycles. The van der Waals surface area contributed by atoms with Crippen molar-refractivity contribution < 1.29 is 0 Å². The Morgan fingerprint density at radius 2 is 0.964 bits per heavy atom. The van der Waals surface area contributed by atoms with Crippen molar-refractivity contribution in [2.45, 2.75) is 5.92 Å². The lowest BCUT2D eigenvalue weighted by Crippen LogP contribution is -2.02. The van der Waals surface area contributed by atoms with Crippen molar-refractivity contribution in [1.29, 1.82) is 0 Å². The molecule has 7 aromatic carbocycles. The molecular formula is C51H32N4S. The van der Waals surface area contributed by atoms with Crippen molar-refractivity contribution in [1.82, 2.24) is 19.9 Å². The fourth-order valence-electron chi connectivity index (χ4n) is 8.30. The summed E-state index contributed by atoms with van der Waals surface area (Å²) in [4.78, 5) is 20.7. The van der Waals surface area contributed by atoms with Gasteiger partial charge in [-0.25, -0.2) is 15.0 Å². The summed E-state index contributed by atoms with van der Waals surface area (Å²) in [5.41, 5.74) is 13.4. The third-order valence-electron chi connectivity index (χ3n) is 10.9. The highest BCUT2D eigenvalue weighted by Crippen LogP contribution is 2.54. The van der Waals surface area contributed by atoms with Crippen molar-refractivity contribution in [3.63, 3.8) is 0 Å². The van der Waals surface area contributed by atoms with Gasteiger partial charge in [0, 0.05) is 60.1 Å². The first kappa shape index (κ1) is 32.4. The maximum atomic E-state index is 5.30. The summed E-state index contributed by atoms with van der Waals surface area (Å²) >= 11 is 1.87. The molecule has 0 fully saturated rings. The van der Waals surface area contributed by atoms with Crippen LogP contribution in [0.1, 0.15) is 22.6 Å². The van der Waals surface area contributed by atoms with Gasteiger partial charge in [0.2, 0.25) is 0 Å². The van der Waals surface area contributed by atoms with Gasteiger partial charge in [-0.2, -0.15) is 0 Å². The summed E-state index contributed by atoms with van der Waals surface area (Å²) < 4.78 is 2.51. The van der Waals surface area contributed by atoms with Crippen molar-refractivity contribution in [3.05, 3.63) is 205 Å². The first-order valence-electron chi connectivity index (χ1n) is 18.8. The summed E-state index contributed by atoms with van der Waals surface area (Å²) in [6.07, 6.45) is 1.98. The van der Waals surface area contributed by atoms with Gasteiger partial charge < -0.3 is 0 Å². The van der Waals surface area contributed by atoms with E-state index in [4.69, 9.17) is 19.9 Å². The number of aromatic nitrogens is 4. The SMILES string of the molecule is c1ccc(-c2cnc(-c3cccc4c3sc3c5c(ccc34)-c3ccccc3C5c3ccccc3)c(-c3nc(-c4ccccc4)nc(-c4ccccc4)n3)c2)cc1. The zero-order valence-electron chi connectivity index (χ0n) is 30.2. The molecule has 3 heterocycles. The minimum Gasteiger partial charge on any atom is -0.255 e. The highest BCUT2D eigenvalue weighted by molar-refractivity contribution is 7.26. The predicted octanol–water partition coefficient (Wildman–Crippen LogP) is 13.1. The summed E-state index contributed by atoms with van der Waals surface area (Å²) in [6.45, 7) is 0. The Bertz CT molecular complexity index is 3010. The fourth-order valence-corrected chi connectivity index (χ4v) is 9.69. The quantitative estimate of drug-likeness (QED) is 0.171. The Morgan fingerprint density at radius 3 is 1.66 bits per heavy atom. The standard InChI is InChI=1S/C51H32N4S/c1-5-16-32(17-6-1)36-30-43(51-54-49(34-20-9-3-10-21-34)53-50(55-51)35-22-11-4-12-23-35)46(52-31-36)42-27-15-26-40-41-29-28-39-37-24-13-14-25-38(37)44(33-18-7-2-8-19-33)45(39)48(41)56-47(40)42/h1-31,44H. The van der Waals surface area contributed by atoms with Crippen LogP contribution in [-0.4, -0.2) is 19.9 Å². The second kappa shape index (κ2) is 13.3. The molecule has 0 bridgehead atoms. The molecule has 0 N–H and O–H groups in total. The molecule has 5 heteroatoms. The maximum absolute atomic E-state index is 5.30. The van der Waals surface area contributed by atoms with Gasteiger partial charge in [-0.3, -0.25) is 4.98 Å². The van der Waals surface area contributed by atoms with Crippen LogP contribution in [-0.2, 0) is 0 Å². The van der Waals surface area contributed by atoms with E-state index in [2.05, 4.69) is 115 Å². The molecule has 1 unspecified atom stereocenters. The number of fused-ring (bicyclic) bond motifs is 7. The second-order valence-electron chi connectivity index (χ2n) is 14.1. The van der Waals surface area contributed by atoms with Gasteiger partial charge in [-0.05, 0) is 39.4 Å². The van der Waals surface area contributed by atoms with Crippen LogP contribution < -0.4 is 0 Å². The van der Waals surface area contributed by atoms with E-state index < -0.39 is 0 Å². The molecule has 1 atom stereocenters. The van der Waals surface area contributed by atoms with Crippen LogP contribution in [0.3, 0.4) is 0 Å². The van der Waals surface area contributed by atoms with E-state index in [0.717, 1.165) is 39.1 Å². The Balaban J connectivity index is 1.17. The van der Waals surface area contributed by atoms with Crippen LogP contribution in [0.25, 0.3) is 87.8 Å². The molecule has 4 nitrogen and oxygen atoms in total. The number of pyridine rings is 1. The lowest BCUT2D eigenvalue weighted by molar-refractivity contribution is 1.03. The zero-order valence-corrected chi connectivity index (χ0v) is 31.0. The number of rotatable bonds is 6. The largest absolute Gasteiger partial charge is 0.255 e. The Labute approximate surface area is 328 Å². The molecular weight excluding hydrogens is 701 g/mol. The first-order chi connectivity index (χ1) is 27.8. The summed E-state index contributed by atoms with van der Waals surface area (Å²) in [6, 6.07) is 64.0. The summed E-state index contributed by atoms with van der Waals surface area (Å²) in [7, 11) is 0. The van der Waals surface area contributed by atoms with Crippen LogP contribution in [0.15, 0.2) is 188 Å². The van der Waals surface area contributed by atoms with Gasteiger partial charge in [0.05, 0.1) is 5.69 Å². The van der Waals surface area contributed by atoms with E-state index in [0.29, 0.717) is 17.5 Å². The fraction of sp³-hybridized carbons (Fsp3) is 0.0196. The highest BCUT2D eigenvalue weighted by atomic mass is 32.1. The van der Waals surface area contributed by atoms with E-state index in [1.165, 1.54) is 48.0 Å². The predicted molar refractivity (Wildman–Crippen MR) is 231 cm³/mol. The Kier molecular flexibility index (Phi) is 7.71. The van der Waals surface area contributed by atoms with Crippen molar-refractivity contribution in [3.8, 4) is 67.7 Å². The first-order valence-corrected chi connectivity index (χ1v) is 19.7. The Hall–Kier alpha value is -7.08. The minimum absolute atomic E-state index is 0.152. The van der Waals surface area contributed by atoms with E-state index >= 15 is 0 Å². The van der Waals surface area contributed by atoms with Gasteiger partial charge in [0.25, 0.3) is 0 Å². The maximum Gasteiger partial charge on any atom is 0.166 e. The van der Waals surface area contributed by atoms with Gasteiger partial charge in [-0.1, -0.05) is 176 Å². The monoisotopic (exact) mass is 732 g/mol. The third kappa shape index (κ3) is 5.36. The molecule has 0 saturated carbocycles. The molecule has 0 aliphatic heterocycles. The molecule has 0 saturated heterocycles. The van der Waals surface area contributed by atoms with E-state index in [1.807, 2.05) is 84.3 Å². The summed E-state index contributed by atoms with van der Waals surface area (Å²) in [5, 5.41) is 2.48. The van der Waals surface area contributed by atoms with Crippen LogP contribution in [0, 0.1) is 0 Å². The van der Waals surface area contributed by atoms with Crippen LogP contribution in [0.5, 0.6) is 0 Å². The van der Waals surface area contributed by atoms with E-state index in [-0.39, 0.29) is 5.92 Å². The molecule has 10 aromatic rings. The minimum atomic E-state index is 0.152. The average molecular weight is 733 g/mol. The van der Waals surface area contributed by atoms with Crippen LogP contribution >= 0.6 is 11.3 Å². The van der Waals surface area contributed by atoms with Gasteiger partial charge in [0.1, 0.15) is 0 Å². The number of benzene rings is 7. The molecule has 262 valence electrons. The molecule has 1 aliphatic rings. The van der Waals surface area contributed by atoms with Crippen molar-refractivity contribution in [2.75, 3.05) is 0 Å². The molecule has 0 spiro atoms. The lowest BCUT2D eigenvalue weighted by atomic mass is 9.89. The van der Waals surface area contributed by atoms with Gasteiger partial charge in [0.15, 0.2) is 17.5 Å². The van der Waals surface area contributed by atoms with E-state index in [1.54, 1.807) is 0 Å². The third-order valence-corrected chi connectivity index (χ3v) is 12.2. The number of nitrogens with zero attached hydrogens (tertiary/aromatic N) is 4. The Morgan fingerprint density at radius 1 is 0.393 bits per heavy atom. The number of hydrogen-bond acceptors (Lipinski definition) is 5. The number of hydrogen-bond donors (Lipinski definition) is 0. The van der Waals surface area contributed by atoms with E-state index in [9.17, 15) is 0 Å². The zero-order chi connectivity index (χ0) is 37.0. The molecule has 56 heavy (non-hydrogen) atoms. The van der Waals surface area contributed by atoms with Gasteiger partial charge in [-0.15, -0.1) is 11.3 Å². The van der Waals surface area contributed by atoms with Crippen LogP contribution in [0.2, 0.25) is 0 Å². The summed E-state index contributed by atoms with van der Waals surface area (Å²) in [5.74, 6) is 1.97. The molecule has 11 rings (SSSR count). The number of thiophene rings is 1. The lowest BCUT2D eigenvalue weighted by Gasteiger charge is -2.15. The van der Waals surface area contributed by atoms with Crippen molar-refractivity contribution >= 4 is 31.5 Å². The average Bonchev–Trinajstić information content (AvgIpc) is 3.84. The highest BCUT2D eigenvalue weighted by Gasteiger charge is 2.33. The molecule has 0 radical (unpaired) electrons.